The molecule has 0 aliphatic carbocycles. The lowest BCUT2D eigenvalue weighted by Crippen LogP contribution is -2.36. The van der Waals surface area contributed by atoms with Crippen LogP contribution in [-0.4, -0.2) is 57.9 Å². The standard InChI is InChI=1S/C9H20N2O3/c1-11(6-7-13-2)5-4-8(10)9(12)14-3/h8H,4-7,10H2,1-3H3/t8-/m0/s1. The van der Waals surface area contributed by atoms with Gasteiger partial charge in [0.05, 0.1) is 13.7 Å². The van der Waals surface area contributed by atoms with Crippen LogP contribution in [0.1, 0.15) is 6.42 Å². The predicted octanol–water partition coefficient (Wildman–Crippen LogP) is -0.545. The summed E-state index contributed by atoms with van der Waals surface area (Å²) in [7, 11) is 4.97. The fourth-order valence-electron chi connectivity index (χ4n) is 0.988. The van der Waals surface area contributed by atoms with Crippen molar-refractivity contribution >= 4 is 5.97 Å². The third kappa shape index (κ3) is 5.90. The average molecular weight is 204 g/mol. The second kappa shape index (κ2) is 7.73. The van der Waals surface area contributed by atoms with Crippen molar-refractivity contribution in [3.63, 3.8) is 0 Å². The molecule has 0 aromatic rings. The van der Waals surface area contributed by atoms with E-state index < -0.39 is 6.04 Å². The van der Waals surface area contributed by atoms with E-state index in [4.69, 9.17) is 10.5 Å². The lowest BCUT2D eigenvalue weighted by molar-refractivity contribution is -0.142. The molecule has 0 bridgehead atoms. The Kier molecular flexibility index (Phi) is 7.37. The predicted molar refractivity (Wildman–Crippen MR) is 54.0 cm³/mol. The first-order valence-electron chi connectivity index (χ1n) is 4.62. The summed E-state index contributed by atoms with van der Waals surface area (Å²) in [5, 5.41) is 0. The van der Waals surface area contributed by atoms with Crippen LogP contribution in [0.2, 0.25) is 0 Å². The van der Waals surface area contributed by atoms with E-state index in [1.807, 2.05) is 7.05 Å². The number of hydrogen-bond acceptors (Lipinski definition) is 5. The summed E-state index contributed by atoms with van der Waals surface area (Å²) in [6.07, 6.45) is 0.604. The SMILES string of the molecule is COCCN(C)CC[C@H](N)C(=O)OC. The normalized spacial score (nSPS) is 12.9. The minimum Gasteiger partial charge on any atom is -0.468 e. The van der Waals surface area contributed by atoms with E-state index >= 15 is 0 Å². The van der Waals surface area contributed by atoms with E-state index in [1.165, 1.54) is 7.11 Å². The third-order valence-electron chi connectivity index (χ3n) is 2.00. The van der Waals surface area contributed by atoms with Crippen molar-refractivity contribution in [3.05, 3.63) is 0 Å². The van der Waals surface area contributed by atoms with Crippen LogP contribution < -0.4 is 5.73 Å². The van der Waals surface area contributed by atoms with Gasteiger partial charge in [-0.05, 0) is 20.0 Å². The van der Waals surface area contributed by atoms with Crippen LogP contribution in [0.4, 0.5) is 0 Å². The molecule has 0 aromatic heterocycles. The van der Waals surface area contributed by atoms with Crippen LogP contribution in [0.3, 0.4) is 0 Å². The maximum absolute atomic E-state index is 10.9. The second-order valence-corrected chi connectivity index (χ2v) is 3.21. The molecule has 0 aliphatic heterocycles. The van der Waals surface area contributed by atoms with Crippen LogP contribution in [0.25, 0.3) is 0 Å². The van der Waals surface area contributed by atoms with Crippen molar-refractivity contribution in [3.8, 4) is 0 Å². The summed E-state index contributed by atoms with van der Waals surface area (Å²) in [6, 6.07) is -0.523. The topological polar surface area (TPSA) is 64.8 Å². The Morgan fingerprint density at radius 1 is 1.43 bits per heavy atom. The smallest absolute Gasteiger partial charge is 0.322 e. The zero-order valence-corrected chi connectivity index (χ0v) is 9.16. The van der Waals surface area contributed by atoms with Crippen molar-refractivity contribution in [2.45, 2.75) is 12.5 Å². The molecule has 5 heteroatoms. The van der Waals surface area contributed by atoms with Crippen molar-refractivity contribution < 1.29 is 14.3 Å². The van der Waals surface area contributed by atoms with Gasteiger partial charge < -0.3 is 20.1 Å². The van der Waals surface area contributed by atoms with Crippen LogP contribution in [0.5, 0.6) is 0 Å². The summed E-state index contributed by atoms with van der Waals surface area (Å²) < 4.78 is 9.44. The maximum Gasteiger partial charge on any atom is 0.322 e. The van der Waals surface area contributed by atoms with Crippen LogP contribution in [0.15, 0.2) is 0 Å². The summed E-state index contributed by atoms with van der Waals surface area (Å²) >= 11 is 0. The van der Waals surface area contributed by atoms with Gasteiger partial charge in [0.1, 0.15) is 6.04 Å². The Labute approximate surface area is 85.1 Å². The first-order chi connectivity index (χ1) is 6.61. The van der Waals surface area contributed by atoms with E-state index in [1.54, 1.807) is 7.11 Å². The van der Waals surface area contributed by atoms with Gasteiger partial charge in [0.25, 0.3) is 0 Å². The number of carbonyl (C=O) groups excluding carboxylic acids is 1. The highest BCUT2D eigenvalue weighted by atomic mass is 16.5. The molecule has 2 N–H and O–H groups in total. The zero-order valence-electron chi connectivity index (χ0n) is 9.16. The molecule has 5 nitrogen and oxygen atoms in total. The lowest BCUT2D eigenvalue weighted by Gasteiger charge is -2.17. The average Bonchev–Trinajstić information content (AvgIpc) is 2.21. The molecule has 84 valence electrons. The van der Waals surface area contributed by atoms with Crippen LogP contribution in [-0.2, 0) is 14.3 Å². The highest BCUT2D eigenvalue weighted by Gasteiger charge is 2.13. The number of hydrogen-bond donors (Lipinski definition) is 1. The molecule has 0 saturated carbocycles. The van der Waals surface area contributed by atoms with E-state index in [0.29, 0.717) is 13.0 Å². The first-order valence-corrected chi connectivity index (χ1v) is 4.62. The Morgan fingerprint density at radius 2 is 2.07 bits per heavy atom. The second-order valence-electron chi connectivity index (χ2n) is 3.21. The van der Waals surface area contributed by atoms with E-state index in [9.17, 15) is 4.79 Å². The summed E-state index contributed by atoms with van der Waals surface area (Å²) in [4.78, 5) is 13.0. The number of rotatable bonds is 7. The molecule has 0 spiro atoms. The fourth-order valence-corrected chi connectivity index (χ4v) is 0.988. The molecule has 1 atom stereocenters. The number of nitrogens with zero attached hydrogens (tertiary/aromatic N) is 1. The van der Waals surface area contributed by atoms with E-state index in [2.05, 4.69) is 9.64 Å². The monoisotopic (exact) mass is 204 g/mol. The molecule has 0 radical (unpaired) electrons. The molecular weight excluding hydrogens is 184 g/mol. The van der Waals surface area contributed by atoms with Gasteiger partial charge in [-0.25, -0.2) is 0 Å². The Balaban J connectivity index is 3.55. The highest BCUT2D eigenvalue weighted by Crippen LogP contribution is 1.94. The molecule has 14 heavy (non-hydrogen) atoms. The molecule has 0 fully saturated rings. The van der Waals surface area contributed by atoms with Gasteiger partial charge in [-0.2, -0.15) is 0 Å². The number of methoxy groups -OCH3 is 2. The first kappa shape index (κ1) is 13.4. The van der Waals surface area contributed by atoms with Gasteiger partial charge in [0.15, 0.2) is 0 Å². The van der Waals surface area contributed by atoms with Gasteiger partial charge in [0, 0.05) is 13.7 Å². The number of esters is 1. The molecular formula is C9H20N2O3. The number of likely N-dealkylation sites (N-methyl/N-ethyl adjacent to an activating group) is 1. The van der Waals surface area contributed by atoms with Crippen molar-refractivity contribution in [2.75, 3.05) is 41.0 Å². The zero-order chi connectivity index (χ0) is 11.0. The third-order valence-corrected chi connectivity index (χ3v) is 2.00. The van der Waals surface area contributed by atoms with Crippen molar-refractivity contribution in [1.29, 1.82) is 0 Å². The van der Waals surface area contributed by atoms with Gasteiger partial charge >= 0.3 is 5.97 Å². The van der Waals surface area contributed by atoms with Crippen LogP contribution in [0, 0.1) is 0 Å². The molecule has 0 aromatic carbocycles. The van der Waals surface area contributed by atoms with Gasteiger partial charge in [0.2, 0.25) is 0 Å². The molecule has 0 aliphatic rings. The Bertz CT molecular complexity index is 164. The lowest BCUT2D eigenvalue weighted by atomic mass is 10.2. The molecule has 0 saturated heterocycles. The van der Waals surface area contributed by atoms with E-state index in [0.717, 1.165) is 13.1 Å². The maximum atomic E-state index is 10.9. The highest BCUT2D eigenvalue weighted by molar-refractivity contribution is 5.75. The number of carbonyl (C=O) groups is 1. The quantitative estimate of drug-likeness (QED) is 0.564. The summed E-state index contributed by atoms with van der Waals surface area (Å²) in [5.41, 5.74) is 5.57. The molecule has 0 rings (SSSR count). The molecule has 0 heterocycles. The van der Waals surface area contributed by atoms with Crippen LogP contribution >= 0.6 is 0 Å². The number of nitrogens with two attached hydrogens (primary N) is 1. The fraction of sp³-hybridized carbons (Fsp3) is 0.889. The van der Waals surface area contributed by atoms with E-state index in [-0.39, 0.29) is 5.97 Å². The van der Waals surface area contributed by atoms with Crippen molar-refractivity contribution in [1.82, 2.24) is 4.90 Å². The molecule has 0 amide bonds. The van der Waals surface area contributed by atoms with Crippen molar-refractivity contribution in [2.24, 2.45) is 5.73 Å². The minimum atomic E-state index is -0.523. The number of ether oxygens (including phenoxy) is 2. The summed E-state index contributed by atoms with van der Waals surface area (Å²) in [6.45, 7) is 2.29. The largest absolute Gasteiger partial charge is 0.468 e. The van der Waals surface area contributed by atoms with Gasteiger partial charge in [-0.3, -0.25) is 4.79 Å². The Hall–Kier alpha value is -0.650. The van der Waals surface area contributed by atoms with Gasteiger partial charge in [-0.15, -0.1) is 0 Å². The van der Waals surface area contributed by atoms with Gasteiger partial charge in [-0.1, -0.05) is 0 Å². The minimum absolute atomic E-state index is 0.356. The molecule has 0 unspecified atom stereocenters. The summed E-state index contributed by atoms with van der Waals surface area (Å²) in [5.74, 6) is -0.356. The Morgan fingerprint density at radius 3 is 2.57 bits per heavy atom.